The maximum Gasteiger partial charge on any atom is 0.265 e. The van der Waals surface area contributed by atoms with E-state index in [1.807, 2.05) is 54.6 Å². The molecular weight excluding hydrogens is 450 g/mol. The highest BCUT2D eigenvalue weighted by molar-refractivity contribution is 6.30. The Morgan fingerprint density at radius 2 is 1.79 bits per heavy atom. The predicted octanol–water partition coefficient (Wildman–Crippen LogP) is 5.19. The average molecular weight is 476 g/mol. The highest BCUT2D eigenvalue weighted by Crippen LogP contribution is 2.30. The molecule has 0 unspecified atom stereocenters. The first-order chi connectivity index (χ1) is 16.6. The number of nitrogens with zero attached hydrogens (tertiary/aromatic N) is 3. The lowest BCUT2D eigenvalue weighted by Crippen LogP contribution is -2.25. The van der Waals surface area contributed by atoms with Gasteiger partial charge in [-0.2, -0.15) is 0 Å². The van der Waals surface area contributed by atoms with Crippen molar-refractivity contribution >= 4 is 22.5 Å². The molecule has 7 heteroatoms. The van der Waals surface area contributed by atoms with Gasteiger partial charge in [-0.05, 0) is 73.5 Å². The lowest BCUT2D eigenvalue weighted by Gasteiger charge is -2.17. The van der Waals surface area contributed by atoms with Crippen molar-refractivity contribution in [1.82, 2.24) is 14.5 Å². The maximum atomic E-state index is 13.3. The number of hydrogen-bond donors (Lipinski definition) is 0. The number of benzene rings is 3. The third-order valence-corrected chi connectivity index (χ3v) is 6.44. The van der Waals surface area contributed by atoms with Crippen molar-refractivity contribution in [2.24, 2.45) is 0 Å². The molecule has 4 aromatic rings. The summed E-state index contributed by atoms with van der Waals surface area (Å²) in [5, 5.41) is 1.21. The molecule has 0 radical (unpaired) electrons. The number of hydrogen-bond acceptors (Lipinski definition) is 5. The van der Waals surface area contributed by atoms with Gasteiger partial charge >= 0.3 is 0 Å². The van der Waals surface area contributed by atoms with Crippen molar-refractivity contribution in [3.63, 3.8) is 0 Å². The Morgan fingerprint density at radius 1 is 0.971 bits per heavy atom. The number of likely N-dealkylation sites (tertiary alicyclic amines) is 1. The van der Waals surface area contributed by atoms with E-state index in [1.165, 1.54) is 17.4 Å². The summed E-state index contributed by atoms with van der Waals surface area (Å²) in [6.07, 6.45) is 4.07. The van der Waals surface area contributed by atoms with Crippen LogP contribution in [0.2, 0.25) is 5.02 Å². The van der Waals surface area contributed by atoms with Gasteiger partial charge in [0.15, 0.2) is 11.5 Å². The van der Waals surface area contributed by atoms with E-state index in [2.05, 4.69) is 9.88 Å². The molecule has 1 saturated heterocycles. The van der Waals surface area contributed by atoms with Gasteiger partial charge in [-0.3, -0.25) is 14.3 Å². The summed E-state index contributed by atoms with van der Waals surface area (Å²) >= 11 is 6.13. The van der Waals surface area contributed by atoms with E-state index in [1.54, 1.807) is 19.5 Å². The minimum Gasteiger partial charge on any atom is -0.493 e. The van der Waals surface area contributed by atoms with Gasteiger partial charge in [0.05, 0.1) is 23.7 Å². The standard InChI is InChI=1S/C27H26ClN3O3/c1-33-26-17-22(8-10-25(26)34-14-13-30-11-2-3-12-30)31-18-29-24-16-20(7-9-23(24)27(31)32)19-5-4-6-21(28)15-19/h4-10,15-18H,2-3,11-14H2,1H3. The van der Waals surface area contributed by atoms with E-state index in [9.17, 15) is 4.79 Å². The van der Waals surface area contributed by atoms with Crippen LogP contribution in [0.1, 0.15) is 12.8 Å². The Bertz CT molecular complexity index is 1380. The van der Waals surface area contributed by atoms with Crippen LogP contribution in [0.3, 0.4) is 0 Å². The number of rotatable bonds is 7. The Hall–Kier alpha value is -3.35. The molecule has 34 heavy (non-hydrogen) atoms. The van der Waals surface area contributed by atoms with E-state index in [0.717, 1.165) is 30.8 Å². The molecule has 0 aliphatic carbocycles. The molecule has 0 atom stereocenters. The largest absolute Gasteiger partial charge is 0.493 e. The number of aromatic nitrogens is 2. The van der Waals surface area contributed by atoms with Gasteiger partial charge in [-0.1, -0.05) is 29.8 Å². The van der Waals surface area contributed by atoms with Crippen LogP contribution in [0.15, 0.2) is 71.8 Å². The normalized spacial score (nSPS) is 13.9. The summed E-state index contributed by atoms with van der Waals surface area (Å²) in [6.45, 7) is 3.77. The van der Waals surface area contributed by atoms with Gasteiger partial charge in [0.2, 0.25) is 0 Å². The Morgan fingerprint density at radius 3 is 2.59 bits per heavy atom. The number of methoxy groups -OCH3 is 1. The van der Waals surface area contributed by atoms with Crippen molar-refractivity contribution in [3.05, 3.63) is 82.4 Å². The Kier molecular flexibility index (Phi) is 6.52. The first kappa shape index (κ1) is 22.4. The Balaban J connectivity index is 1.41. The second-order valence-electron chi connectivity index (χ2n) is 8.39. The van der Waals surface area contributed by atoms with E-state index in [4.69, 9.17) is 21.1 Å². The van der Waals surface area contributed by atoms with Gasteiger partial charge in [0.1, 0.15) is 12.9 Å². The first-order valence-corrected chi connectivity index (χ1v) is 11.8. The van der Waals surface area contributed by atoms with Crippen LogP contribution in [-0.2, 0) is 0 Å². The molecule has 0 spiro atoms. The average Bonchev–Trinajstić information content (AvgIpc) is 3.38. The highest BCUT2D eigenvalue weighted by Gasteiger charge is 2.14. The van der Waals surface area contributed by atoms with Crippen LogP contribution in [0.25, 0.3) is 27.7 Å². The molecule has 0 bridgehead atoms. The molecule has 0 N–H and O–H groups in total. The summed E-state index contributed by atoms with van der Waals surface area (Å²) < 4.78 is 13.0. The topological polar surface area (TPSA) is 56.6 Å². The van der Waals surface area contributed by atoms with Crippen LogP contribution in [0.5, 0.6) is 11.5 Å². The summed E-state index contributed by atoms with van der Waals surface area (Å²) in [5.74, 6) is 1.25. The fourth-order valence-corrected chi connectivity index (χ4v) is 4.56. The SMILES string of the molecule is COc1cc(-n2cnc3cc(-c4cccc(Cl)c4)ccc3c2=O)ccc1OCCN1CCCC1. The third kappa shape index (κ3) is 4.65. The summed E-state index contributed by atoms with van der Waals surface area (Å²) in [6, 6.07) is 18.7. The van der Waals surface area contributed by atoms with E-state index in [-0.39, 0.29) is 5.56 Å². The third-order valence-electron chi connectivity index (χ3n) is 6.21. The maximum absolute atomic E-state index is 13.3. The number of halogens is 1. The molecule has 0 saturated carbocycles. The molecule has 0 amide bonds. The summed E-state index contributed by atoms with van der Waals surface area (Å²) in [7, 11) is 1.60. The second kappa shape index (κ2) is 9.87. The molecule has 1 aromatic heterocycles. The lowest BCUT2D eigenvalue weighted by molar-refractivity contribution is 0.230. The summed E-state index contributed by atoms with van der Waals surface area (Å²) in [4.78, 5) is 20.2. The lowest BCUT2D eigenvalue weighted by atomic mass is 10.0. The van der Waals surface area contributed by atoms with Crippen LogP contribution in [-0.4, -0.2) is 47.8 Å². The van der Waals surface area contributed by atoms with Crippen molar-refractivity contribution in [2.75, 3.05) is 33.4 Å². The monoisotopic (exact) mass is 475 g/mol. The summed E-state index contributed by atoms with van der Waals surface area (Å²) in [5.41, 5.74) is 3.09. The van der Waals surface area contributed by atoms with Gasteiger partial charge in [0.25, 0.3) is 5.56 Å². The predicted molar refractivity (Wildman–Crippen MR) is 136 cm³/mol. The van der Waals surface area contributed by atoms with Crippen LogP contribution in [0, 0.1) is 0 Å². The highest BCUT2D eigenvalue weighted by atomic mass is 35.5. The molecule has 1 fully saturated rings. The van der Waals surface area contributed by atoms with Gasteiger partial charge in [0, 0.05) is 17.6 Å². The molecular formula is C27H26ClN3O3. The van der Waals surface area contributed by atoms with Crippen LogP contribution < -0.4 is 15.0 Å². The van der Waals surface area contributed by atoms with Crippen LogP contribution >= 0.6 is 11.6 Å². The van der Waals surface area contributed by atoms with Crippen LogP contribution in [0.4, 0.5) is 0 Å². The molecule has 174 valence electrons. The fourth-order valence-electron chi connectivity index (χ4n) is 4.37. The first-order valence-electron chi connectivity index (χ1n) is 11.4. The second-order valence-corrected chi connectivity index (χ2v) is 8.83. The van der Waals surface area contributed by atoms with Crippen molar-refractivity contribution in [3.8, 4) is 28.3 Å². The van der Waals surface area contributed by atoms with Gasteiger partial charge in [-0.25, -0.2) is 4.98 Å². The molecule has 1 aliphatic heterocycles. The zero-order valence-corrected chi connectivity index (χ0v) is 19.8. The molecule has 1 aliphatic rings. The number of ether oxygens (including phenoxy) is 2. The minimum absolute atomic E-state index is 0.146. The van der Waals surface area contributed by atoms with E-state index in [0.29, 0.717) is 39.7 Å². The molecule has 5 rings (SSSR count). The van der Waals surface area contributed by atoms with Crippen molar-refractivity contribution < 1.29 is 9.47 Å². The molecule has 3 aromatic carbocycles. The fraction of sp³-hybridized carbons (Fsp3) is 0.259. The Labute approximate surface area is 203 Å². The van der Waals surface area contributed by atoms with E-state index >= 15 is 0 Å². The van der Waals surface area contributed by atoms with Gasteiger partial charge < -0.3 is 9.47 Å². The molecule has 6 nitrogen and oxygen atoms in total. The number of fused-ring (bicyclic) bond motifs is 1. The zero-order chi connectivity index (χ0) is 23.5. The quantitative estimate of drug-likeness (QED) is 0.368. The van der Waals surface area contributed by atoms with Crippen molar-refractivity contribution in [2.45, 2.75) is 12.8 Å². The van der Waals surface area contributed by atoms with Crippen molar-refractivity contribution in [1.29, 1.82) is 0 Å². The molecule has 2 heterocycles. The van der Waals surface area contributed by atoms with E-state index < -0.39 is 0 Å². The zero-order valence-electron chi connectivity index (χ0n) is 19.0. The minimum atomic E-state index is -0.146. The smallest absolute Gasteiger partial charge is 0.265 e. The van der Waals surface area contributed by atoms with Gasteiger partial charge in [-0.15, -0.1) is 0 Å².